The van der Waals surface area contributed by atoms with Crippen LogP contribution in [0, 0.1) is 0 Å². The van der Waals surface area contributed by atoms with Crippen molar-refractivity contribution in [1.82, 2.24) is 19.7 Å². The quantitative estimate of drug-likeness (QED) is 0.199. The van der Waals surface area contributed by atoms with Crippen molar-refractivity contribution in [3.05, 3.63) is 101 Å². The summed E-state index contributed by atoms with van der Waals surface area (Å²) in [5.74, 6) is 0.527. The van der Waals surface area contributed by atoms with Gasteiger partial charge in [0.05, 0.1) is 5.56 Å². The van der Waals surface area contributed by atoms with E-state index in [1.54, 1.807) is 23.9 Å². The second-order valence-electron chi connectivity index (χ2n) is 9.07. The summed E-state index contributed by atoms with van der Waals surface area (Å²) in [7, 11) is 0. The van der Waals surface area contributed by atoms with Crippen molar-refractivity contribution in [2.24, 2.45) is 0 Å². The van der Waals surface area contributed by atoms with Crippen LogP contribution in [-0.2, 0) is 18.7 Å². The predicted octanol–water partition coefficient (Wildman–Crippen LogP) is 6.58. The van der Waals surface area contributed by atoms with Crippen LogP contribution < -0.4 is 0 Å². The highest BCUT2D eigenvalue weighted by atomic mass is 32.2. The number of imidazole rings is 1. The number of carbonyl (C=O) groups is 1. The van der Waals surface area contributed by atoms with Crippen molar-refractivity contribution < 1.29 is 15.0 Å². The zero-order valence-electron chi connectivity index (χ0n) is 21.0. The van der Waals surface area contributed by atoms with Gasteiger partial charge in [0.15, 0.2) is 0 Å². The van der Waals surface area contributed by atoms with Crippen LogP contribution in [0.4, 0.5) is 0 Å². The van der Waals surface area contributed by atoms with Crippen molar-refractivity contribution in [2.75, 3.05) is 0 Å². The van der Waals surface area contributed by atoms with Gasteiger partial charge in [-0.3, -0.25) is 0 Å². The summed E-state index contributed by atoms with van der Waals surface area (Å²) in [6.07, 6.45) is 2.78. The maximum Gasteiger partial charge on any atom is 0.336 e. The largest absolute Gasteiger partial charge is 0.491 e. The highest BCUT2D eigenvalue weighted by Gasteiger charge is 2.20. The smallest absolute Gasteiger partial charge is 0.336 e. The molecule has 0 saturated carbocycles. The van der Waals surface area contributed by atoms with Gasteiger partial charge in [-0.2, -0.15) is 0 Å². The number of hydrogen-bond donors (Lipinski definition) is 2. The van der Waals surface area contributed by atoms with E-state index >= 15 is 0 Å². The number of thioether (sulfide) groups is 1. The Kier molecular flexibility index (Phi) is 7.70. The van der Waals surface area contributed by atoms with Crippen LogP contribution >= 0.6 is 11.8 Å². The molecule has 7 nitrogen and oxygen atoms in total. The van der Waals surface area contributed by atoms with Gasteiger partial charge in [-0.05, 0) is 34.7 Å². The minimum absolute atomic E-state index is 0.133. The summed E-state index contributed by atoms with van der Waals surface area (Å²) in [5.41, 5.74) is 5.22. The summed E-state index contributed by atoms with van der Waals surface area (Å²) in [5, 5.41) is 29.3. The molecule has 192 valence electrons. The number of aromatic hydroxyl groups is 1. The molecule has 2 aromatic heterocycles. The Morgan fingerprint density at radius 2 is 1.66 bits per heavy atom. The van der Waals surface area contributed by atoms with Gasteiger partial charge < -0.3 is 14.8 Å². The first-order chi connectivity index (χ1) is 18.5. The van der Waals surface area contributed by atoms with Crippen LogP contribution in [0.25, 0.3) is 22.2 Å². The number of carboxylic acids is 1. The maximum absolute atomic E-state index is 11.7. The number of fused-ring (bicyclic) bond motifs is 1. The summed E-state index contributed by atoms with van der Waals surface area (Å²) >= 11 is 1.56. The molecule has 0 aliphatic rings. The Bertz CT molecular complexity index is 1570. The van der Waals surface area contributed by atoms with E-state index in [4.69, 9.17) is 4.98 Å². The molecule has 0 unspecified atom stereocenters. The Balaban J connectivity index is 1.48. The van der Waals surface area contributed by atoms with E-state index in [-0.39, 0.29) is 11.4 Å². The normalized spacial score (nSPS) is 11.2. The molecule has 0 amide bonds. The van der Waals surface area contributed by atoms with E-state index in [9.17, 15) is 15.0 Å². The lowest BCUT2D eigenvalue weighted by atomic mass is 9.99. The minimum atomic E-state index is -0.951. The molecule has 5 rings (SSSR count). The van der Waals surface area contributed by atoms with Gasteiger partial charge in [-0.25, -0.2) is 9.78 Å². The number of nitrogens with zero attached hydrogens (tertiary/aromatic N) is 4. The third kappa shape index (κ3) is 5.40. The van der Waals surface area contributed by atoms with Crippen LogP contribution in [0.1, 0.15) is 47.1 Å². The van der Waals surface area contributed by atoms with Crippen LogP contribution in [0.2, 0.25) is 0 Å². The van der Waals surface area contributed by atoms with Gasteiger partial charge in [-0.15, -0.1) is 10.2 Å². The first kappa shape index (κ1) is 25.5. The van der Waals surface area contributed by atoms with Crippen molar-refractivity contribution in [1.29, 1.82) is 0 Å². The van der Waals surface area contributed by atoms with Crippen molar-refractivity contribution >= 4 is 28.8 Å². The number of unbranched alkanes of at least 4 members (excludes halogenated alkanes) is 1. The topological polar surface area (TPSA) is 101 Å². The Labute approximate surface area is 225 Å². The number of rotatable bonds is 10. The molecule has 0 fully saturated rings. The summed E-state index contributed by atoms with van der Waals surface area (Å²) in [6.45, 7) is 2.64. The lowest BCUT2D eigenvalue weighted by molar-refractivity contribution is 0.0697. The van der Waals surface area contributed by atoms with Gasteiger partial charge in [0.1, 0.15) is 21.9 Å². The van der Waals surface area contributed by atoms with Gasteiger partial charge >= 0.3 is 5.97 Å². The summed E-state index contributed by atoms with van der Waals surface area (Å²) in [4.78, 5) is 16.6. The highest BCUT2D eigenvalue weighted by molar-refractivity contribution is 7.98. The molecule has 5 aromatic rings. The molecule has 0 atom stereocenters. The molecule has 0 radical (unpaired) electrons. The number of hydrogen-bond acceptors (Lipinski definition) is 6. The number of aryl methyl sites for hydroxylation is 1. The van der Waals surface area contributed by atoms with Gasteiger partial charge in [-0.1, -0.05) is 97.9 Å². The lowest BCUT2D eigenvalue weighted by Gasteiger charge is -2.11. The summed E-state index contributed by atoms with van der Waals surface area (Å²) < 4.78 is 2.03. The van der Waals surface area contributed by atoms with Crippen LogP contribution in [-0.4, -0.2) is 35.9 Å². The van der Waals surface area contributed by atoms with E-state index in [2.05, 4.69) is 29.3 Å². The molecular formula is C30H28N4O3S. The minimum Gasteiger partial charge on any atom is -0.491 e. The lowest BCUT2D eigenvalue weighted by Crippen LogP contribution is -2.06. The standard InChI is InChI=1S/C30H28N4O3S/c1-2-3-13-25-31-26-27(28(35)32-33-29(26)38-19-21-9-5-4-6-10-21)34(25)18-20-14-16-22(17-15-20)23-11-7-8-12-24(23)30(36)37/h4-12,14-17H,2-3,13,18-19H2,1H3,(H,32,35)(H,36,37). The van der Waals surface area contributed by atoms with Crippen molar-refractivity contribution in [3.63, 3.8) is 0 Å². The Hall–Kier alpha value is -4.17. The zero-order valence-corrected chi connectivity index (χ0v) is 21.9. The summed E-state index contributed by atoms with van der Waals surface area (Å²) in [6, 6.07) is 25.0. The SMILES string of the molecule is CCCCc1nc2c(SCc3ccccc3)nnc(O)c2n1Cc1ccc(-c2ccccc2C(=O)O)cc1. The molecule has 2 N–H and O–H groups in total. The van der Waals surface area contributed by atoms with Gasteiger partial charge in [0.25, 0.3) is 5.88 Å². The second kappa shape index (κ2) is 11.5. The number of carboxylic acid groups (broad SMARTS) is 1. The van der Waals surface area contributed by atoms with Crippen LogP contribution in [0.5, 0.6) is 5.88 Å². The third-order valence-corrected chi connectivity index (χ3v) is 7.46. The van der Waals surface area contributed by atoms with Gasteiger partial charge in [0, 0.05) is 18.7 Å². The molecule has 2 heterocycles. The molecule has 38 heavy (non-hydrogen) atoms. The third-order valence-electron chi connectivity index (χ3n) is 6.43. The van der Waals surface area contributed by atoms with Crippen molar-refractivity contribution in [2.45, 2.75) is 43.5 Å². The van der Waals surface area contributed by atoms with Crippen LogP contribution in [0.15, 0.2) is 83.9 Å². The zero-order chi connectivity index (χ0) is 26.5. The van der Waals surface area contributed by atoms with Crippen molar-refractivity contribution in [3.8, 4) is 17.0 Å². The molecular weight excluding hydrogens is 496 g/mol. The van der Waals surface area contributed by atoms with E-state index < -0.39 is 5.97 Å². The molecule has 0 bridgehead atoms. The van der Waals surface area contributed by atoms with Gasteiger partial charge in [0.2, 0.25) is 0 Å². The molecule has 3 aromatic carbocycles. The number of benzene rings is 3. The predicted molar refractivity (Wildman–Crippen MR) is 150 cm³/mol. The molecule has 0 aliphatic heterocycles. The highest BCUT2D eigenvalue weighted by Crippen LogP contribution is 2.33. The number of aromatic carboxylic acids is 1. The fourth-order valence-corrected chi connectivity index (χ4v) is 5.35. The Morgan fingerprint density at radius 1 is 0.921 bits per heavy atom. The molecule has 0 spiro atoms. The maximum atomic E-state index is 11.7. The monoisotopic (exact) mass is 524 g/mol. The van der Waals surface area contributed by atoms with E-state index in [1.807, 2.05) is 59.2 Å². The van der Waals surface area contributed by atoms with E-state index in [1.165, 1.54) is 5.56 Å². The number of aromatic nitrogens is 4. The van der Waals surface area contributed by atoms with E-state index in [0.717, 1.165) is 42.0 Å². The molecule has 0 saturated heterocycles. The second-order valence-corrected chi connectivity index (χ2v) is 10.0. The first-order valence-corrected chi connectivity index (χ1v) is 13.6. The van der Waals surface area contributed by atoms with E-state index in [0.29, 0.717) is 28.2 Å². The fourth-order valence-electron chi connectivity index (χ4n) is 4.48. The molecule has 8 heteroatoms. The fraction of sp³-hybridized carbons (Fsp3) is 0.200. The van der Waals surface area contributed by atoms with Crippen LogP contribution in [0.3, 0.4) is 0 Å². The average molecular weight is 525 g/mol. The molecule has 0 aliphatic carbocycles. The average Bonchev–Trinajstić information content (AvgIpc) is 3.31. The first-order valence-electron chi connectivity index (χ1n) is 12.6. The Morgan fingerprint density at radius 3 is 2.39 bits per heavy atom.